The second-order valence-corrected chi connectivity index (χ2v) is 5.75. The van der Waals surface area contributed by atoms with Crippen LogP contribution in [0, 0.1) is 11.3 Å². The lowest BCUT2D eigenvalue weighted by Crippen LogP contribution is -2.22. The normalized spacial score (nSPS) is 11.1. The number of rotatable bonds is 4. The molecule has 0 aliphatic heterocycles. The molecule has 0 radical (unpaired) electrons. The molecule has 0 bridgehead atoms. The second kappa shape index (κ2) is 7.08. The highest BCUT2D eigenvalue weighted by Crippen LogP contribution is 2.22. The van der Waals surface area contributed by atoms with Gasteiger partial charge in [-0.25, -0.2) is 0 Å². The lowest BCUT2D eigenvalue weighted by Gasteiger charge is -2.09. The van der Waals surface area contributed by atoms with Crippen LogP contribution in [0.5, 0.6) is 0 Å². The molecule has 0 saturated heterocycles. The Balaban J connectivity index is 1.99. The van der Waals surface area contributed by atoms with Crippen LogP contribution in [0.15, 0.2) is 66.9 Å². The summed E-state index contributed by atoms with van der Waals surface area (Å²) in [5.41, 5.74) is 2.98. The first-order valence-electron chi connectivity index (χ1n) is 7.45. The third-order valence-electron chi connectivity index (χ3n) is 3.73. The second-order valence-electron chi connectivity index (χ2n) is 5.31. The van der Waals surface area contributed by atoms with Crippen LogP contribution >= 0.6 is 11.6 Å². The molecule has 4 nitrogen and oxygen atoms in total. The first kappa shape index (κ1) is 16.6. The van der Waals surface area contributed by atoms with Crippen molar-refractivity contribution in [2.75, 3.05) is 0 Å². The van der Waals surface area contributed by atoms with Gasteiger partial charge in [0.15, 0.2) is 0 Å². The summed E-state index contributed by atoms with van der Waals surface area (Å²) < 4.78 is 1.87. The van der Waals surface area contributed by atoms with Crippen LogP contribution in [-0.4, -0.2) is 10.5 Å². The number of carbonyl (C=O) groups is 1. The van der Waals surface area contributed by atoms with Gasteiger partial charge in [0.25, 0.3) is 0 Å². The number of nitriles is 1. The fourth-order valence-corrected chi connectivity index (χ4v) is 2.59. The Morgan fingerprint density at radius 1 is 1.04 bits per heavy atom. The zero-order chi connectivity index (χ0) is 17.8. The molecule has 122 valence electrons. The number of carbonyl (C=O) groups excluding carboxylic acids is 1. The predicted octanol–water partition coefficient (Wildman–Crippen LogP) is 3.56. The molecule has 0 N–H and O–H groups in total. The molecule has 0 saturated carbocycles. The first-order chi connectivity index (χ1) is 12.1. The number of aromatic nitrogens is 1. The highest BCUT2D eigenvalue weighted by molar-refractivity contribution is 6.30. The van der Waals surface area contributed by atoms with E-state index in [1.165, 1.54) is 12.1 Å². The van der Waals surface area contributed by atoms with E-state index in [0.29, 0.717) is 10.6 Å². The molecule has 3 aromatic rings. The van der Waals surface area contributed by atoms with Crippen molar-refractivity contribution in [1.29, 1.82) is 5.26 Å². The number of carboxylic acid groups (broad SMARTS) is 1. The van der Waals surface area contributed by atoms with Gasteiger partial charge >= 0.3 is 0 Å². The molecular weight excluding hydrogens is 336 g/mol. The monoisotopic (exact) mass is 347 g/mol. The Morgan fingerprint density at radius 2 is 1.68 bits per heavy atom. The largest absolute Gasteiger partial charge is 0.545 e. The van der Waals surface area contributed by atoms with Crippen molar-refractivity contribution in [2.24, 2.45) is 0 Å². The highest BCUT2D eigenvalue weighted by atomic mass is 35.5. The summed E-state index contributed by atoms with van der Waals surface area (Å²) >= 11 is 5.89. The van der Waals surface area contributed by atoms with Gasteiger partial charge in [0.1, 0.15) is 0 Å². The summed E-state index contributed by atoms with van der Waals surface area (Å²) in [7, 11) is 0. The van der Waals surface area contributed by atoms with E-state index in [-0.39, 0.29) is 5.56 Å². The van der Waals surface area contributed by atoms with Crippen molar-refractivity contribution in [1.82, 2.24) is 4.57 Å². The molecular formula is C20H12ClN2O2-. The maximum absolute atomic E-state index is 10.9. The zero-order valence-electron chi connectivity index (χ0n) is 13.0. The minimum absolute atomic E-state index is 0.117. The molecule has 0 amide bonds. The van der Waals surface area contributed by atoms with E-state index >= 15 is 0 Å². The van der Waals surface area contributed by atoms with Gasteiger partial charge < -0.3 is 14.5 Å². The number of hydrogen-bond acceptors (Lipinski definition) is 3. The molecule has 0 spiro atoms. The maximum Gasteiger partial charge on any atom is 0.0998 e. The number of allylic oxidation sites excluding steroid dienone is 1. The van der Waals surface area contributed by atoms with Gasteiger partial charge in [0, 0.05) is 22.6 Å². The van der Waals surface area contributed by atoms with Crippen molar-refractivity contribution in [3.8, 4) is 11.8 Å². The zero-order valence-corrected chi connectivity index (χ0v) is 13.8. The van der Waals surface area contributed by atoms with Crippen LogP contribution in [-0.2, 0) is 0 Å². The van der Waals surface area contributed by atoms with Gasteiger partial charge in [-0.05, 0) is 53.6 Å². The maximum atomic E-state index is 10.9. The van der Waals surface area contributed by atoms with Crippen molar-refractivity contribution < 1.29 is 9.90 Å². The van der Waals surface area contributed by atoms with Crippen LogP contribution in [0.1, 0.15) is 21.6 Å². The SMILES string of the molecule is N#C/C(=C/c1cccn1-c1ccc(C(=O)[O-])cc1)c1ccc(Cl)cc1. The van der Waals surface area contributed by atoms with E-state index in [1.54, 1.807) is 42.5 Å². The molecule has 1 aromatic heterocycles. The van der Waals surface area contributed by atoms with Crippen molar-refractivity contribution in [2.45, 2.75) is 0 Å². The third-order valence-corrected chi connectivity index (χ3v) is 3.98. The Hall–Kier alpha value is -3.29. The van der Waals surface area contributed by atoms with Gasteiger partial charge in [-0.15, -0.1) is 0 Å². The topological polar surface area (TPSA) is 68.8 Å². The molecule has 5 heteroatoms. The highest BCUT2D eigenvalue weighted by Gasteiger charge is 2.06. The van der Waals surface area contributed by atoms with Gasteiger partial charge in [-0.2, -0.15) is 5.26 Å². The predicted molar refractivity (Wildman–Crippen MR) is 95.0 cm³/mol. The standard InChI is InChI=1S/C20H13ClN2O2/c21-17-7-3-14(4-8-17)16(13-22)12-19-2-1-11-23(19)18-9-5-15(6-10-18)20(24)25/h1-12H,(H,24,25)/p-1/b16-12-. The lowest BCUT2D eigenvalue weighted by molar-refractivity contribution is -0.255. The number of halogens is 1. The number of nitrogens with zero attached hydrogens (tertiary/aromatic N) is 2. The Labute approximate surface area is 149 Å². The van der Waals surface area contributed by atoms with Gasteiger partial charge in [-0.3, -0.25) is 0 Å². The Kier molecular flexibility index (Phi) is 4.69. The molecule has 0 aliphatic carbocycles. The molecule has 0 fully saturated rings. The third kappa shape index (κ3) is 3.63. The van der Waals surface area contributed by atoms with Crippen molar-refractivity contribution >= 4 is 29.2 Å². The average molecular weight is 348 g/mol. The fourth-order valence-electron chi connectivity index (χ4n) is 2.46. The molecule has 0 aliphatic rings. The molecule has 25 heavy (non-hydrogen) atoms. The van der Waals surface area contributed by atoms with E-state index in [1.807, 2.05) is 22.9 Å². The summed E-state index contributed by atoms with van der Waals surface area (Å²) in [4.78, 5) is 10.9. The van der Waals surface area contributed by atoms with Crippen LogP contribution in [0.4, 0.5) is 0 Å². The summed E-state index contributed by atoms with van der Waals surface area (Å²) in [6.07, 6.45) is 3.62. The molecule has 2 aromatic carbocycles. The van der Waals surface area contributed by atoms with Gasteiger partial charge in [0.2, 0.25) is 0 Å². The van der Waals surface area contributed by atoms with Gasteiger partial charge in [-0.1, -0.05) is 35.9 Å². The van der Waals surface area contributed by atoms with Crippen LogP contribution in [0.3, 0.4) is 0 Å². The summed E-state index contributed by atoms with van der Waals surface area (Å²) in [6.45, 7) is 0. The van der Waals surface area contributed by atoms with Crippen molar-refractivity contribution in [3.05, 3.63) is 88.7 Å². The van der Waals surface area contributed by atoms with Crippen LogP contribution < -0.4 is 5.11 Å². The minimum atomic E-state index is -1.21. The summed E-state index contributed by atoms with van der Waals surface area (Å²) in [6, 6.07) is 19.3. The first-order valence-corrected chi connectivity index (χ1v) is 7.83. The quantitative estimate of drug-likeness (QED) is 0.677. The van der Waals surface area contributed by atoms with Crippen LogP contribution in [0.2, 0.25) is 5.02 Å². The van der Waals surface area contributed by atoms with Crippen LogP contribution in [0.25, 0.3) is 17.3 Å². The Bertz CT molecular complexity index is 978. The smallest absolute Gasteiger partial charge is 0.0998 e. The number of hydrogen-bond donors (Lipinski definition) is 0. The van der Waals surface area contributed by atoms with E-state index in [9.17, 15) is 15.2 Å². The molecule has 0 unspecified atom stereocenters. The minimum Gasteiger partial charge on any atom is -0.545 e. The van der Waals surface area contributed by atoms with E-state index in [2.05, 4.69) is 6.07 Å². The lowest BCUT2D eigenvalue weighted by atomic mass is 10.1. The Morgan fingerprint density at radius 3 is 2.28 bits per heavy atom. The van der Waals surface area contributed by atoms with E-state index in [0.717, 1.165) is 16.9 Å². The van der Waals surface area contributed by atoms with Gasteiger partial charge in [0.05, 0.1) is 17.6 Å². The van der Waals surface area contributed by atoms with E-state index in [4.69, 9.17) is 11.6 Å². The van der Waals surface area contributed by atoms with E-state index < -0.39 is 5.97 Å². The summed E-state index contributed by atoms with van der Waals surface area (Å²) in [5.74, 6) is -1.21. The number of aromatic carboxylic acids is 1. The average Bonchev–Trinajstić information content (AvgIpc) is 3.09. The van der Waals surface area contributed by atoms with Crippen molar-refractivity contribution in [3.63, 3.8) is 0 Å². The summed E-state index contributed by atoms with van der Waals surface area (Å²) in [5, 5.41) is 20.9. The molecule has 0 atom stereocenters. The number of benzene rings is 2. The molecule has 3 rings (SSSR count). The fraction of sp³-hybridized carbons (Fsp3) is 0. The molecule has 1 heterocycles. The number of carboxylic acids is 1.